The van der Waals surface area contributed by atoms with Crippen molar-refractivity contribution in [3.8, 4) is 22.5 Å². The number of aliphatic carboxylic acids is 1. The van der Waals surface area contributed by atoms with Crippen molar-refractivity contribution in [2.45, 2.75) is 65.2 Å². The highest BCUT2D eigenvalue weighted by atomic mass is 16.5. The number of carbonyl (C=O) groups is 1. The van der Waals surface area contributed by atoms with Gasteiger partial charge in [-0.1, -0.05) is 74.5 Å². The number of hydrogen-bond donors (Lipinski definition) is 1. The largest absolute Gasteiger partial charge is 0.481 e. The molecule has 1 aromatic heterocycles. The zero-order valence-corrected chi connectivity index (χ0v) is 18.9. The average molecular weight is 418 g/mol. The lowest BCUT2D eigenvalue weighted by Gasteiger charge is -2.17. The zero-order valence-electron chi connectivity index (χ0n) is 18.9. The molecule has 2 aromatic carbocycles. The van der Waals surface area contributed by atoms with E-state index >= 15 is 0 Å². The van der Waals surface area contributed by atoms with Crippen molar-refractivity contribution >= 4 is 5.97 Å². The van der Waals surface area contributed by atoms with Crippen molar-refractivity contribution in [1.29, 1.82) is 0 Å². The average Bonchev–Trinajstić information content (AvgIpc) is 3.47. The molecular weight excluding hydrogens is 386 g/mol. The molecule has 0 radical (unpaired) electrons. The second kappa shape index (κ2) is 7.99. The summed E-state index contributed by atoms with van der Waals surface area (Å²) in [6.07, 6.45) is 4.70. The lowest BCUT2D eigenvalue weighted by Crippen LogP contribution is -2.19. The van der Waals surface area contributed by atoms with Crippen molar-refractivity contribution in [3.05, 3.63) is 65.4 Å². The molecule has 1 fully saturated rings. The van der Waals surface area contributed by atoms with Gasteiger partial charge in [0, 0.05) is 11.1 Å². The molecule has 4 rings (SSSR count). The van der Waals surface area contributed by atoms with Gasteiger partial charge in [-0.25, -0.2) is 0 Å². The van der Waals surface area contributed by atoms with Gasteiger partial charge in [0.2, 0.25) is 0 Å². The van der Waals surface area contributed by atoms with Gasteiger partial charge in [-0.3, -0.25) is 4.79 Å². The SMILES string of the molecule is Cc1noc(-c2ccc(-c3ccc(C4(C(=O)O)CC4)cc3)cc2)c1CCCC(C)(C)C. The van der Waals surface area contributed by atoms with Gasteiger partial charge in [-0.05, 0) is 61.1 Å². The van der Waals surface area contributed by atoms with E-state index in [9.17, 15) is 9.90 Å². The van der Waals surface area contributed by atoms with Crippen LogP contribution in [0.5, 0.6) is 0 Å². The standard InChI is InChI=1S/C27H31NO3/c1-18-23(6-5-15-26(2,3)4)24(31-28-18)21-9-7-19(8-10-21)20-11-13-22(14-12-20)27(16-17-27)25(29)30/h7-14H,5-6,15-17H2,1-4H3,(H,29,30). The Labute approximate surface area is 184 Å². The van der Waals surface area contributed by atoms with Crippen LogP contribution in [0.4, 0.5) is 0 Å². The smallest absolute Gasteiger partial charge is 0.314 e. The molecule has 0 bridgehead atoms. The third-order valence-electron chi connectivity index (χ3n) is 6.42. The van der Waals surface area contributed by atoms with Crippen molar-refractivity contribution in [3.63, 3.8) is 0 Å². The van der Waals surface area contributed by atoms with Crippen molar-refractivity contribution < 1.29 is 14.4 Å². The highest BCUT2D eigenvalue weighted by molar-refractivity contribution is 5.85. The molecule has 0 saturated heterocycles. The van der Waals surface area contributed by atoms with Crippen molar-refractivity contribution in [2.24, 2.45) is 5.41 Å². The van der Waals surface area contributed by atoms with Gasteiger partial charge in [-0.15, -0.1) is 0 Å². The molecule has 1 aliphatic rings. The first-order chi connectivity index (χ1) is 14.7. The Morgan fingerprint density at radius 3 is 2.06 bits per heavy atom. The molecule has 4 heteroatoms. The van der Waals surface area contributed by atoms with Crippen LogP contribution >= 0.6 is 0 Å². The topological polar surface area (TPSA) is 63.3 Å². The molecule has 0 amide bonds. The molecule has 4 nitrogen and oxygen atoms in total. The minimum absolute atomic E-state index is 0.325. The maximum Gasteiger partial charge on any atom is 0.314 e. The molecule has 3 aromatic rings. The zero-order chi connectivity index (χ0) is 22.2. The summed E-state index contributed by atoms with van der Waals surface area (Å²) in [5.41, 5.74) is 5.95. The van der Waals surface area contributed by atoms with Crippen LogP contribution < -0.4 is 0 Å². The first-order valence-corrected chi connectivity index (χ1v) is 11.1. The minimum atomic E-state index is -0.717. The van der Waals surface area contributed by atoms with E-state index in [1.165, 1.54) is 5.56 Å². The Kier molecular flexibility index (Phi) is 5.50. The van der Waals surface area contributed by atoms with Crippen LogP contribution in [0.1, 0.15) is 63.3 Å². The maximum absolute atomic E-state index is 11.5. The van der Waals surface area contributed by atoms with Gasteiger partial charge in [0.15, 0.2) is 5.76 Å². The molecule has 1 N–H and O–H groups in total. The number of nitrogens with zero attached hydrogens (tertiary/aromatic N) is 1. The van der Waals surface area contributed by atoms with Gasteiger partial charge < -0.3 is 9.63 Å². The quantitative estimate of drug-likeness (QED) is 0.459. The summed E-state index contributed by atoms with van der Waals surface area (Å²) >= 11 is 0. The van der Waals surface area contributed by atoms with Crippen LogP contribution in [0.3, 0.4) is 0 Å². The van der Waals surface area contributed by atoms with Crippen LogP contribution in [0.15, 0.2) is 53.1 Å². The third kappa shape index (κ3) is 4.43. The number of carboxylic acids is 1. The number of carboxylic acid groups (broad SMARTS) is 1. The van der Waals surface area contributed by atoms with E-state index in [1.54, 1.807) is 0 Å². The van der Waals surface area contributed by atoms with Gasteiger partial charge in [0.05, 0.1) is 11.1 Å². The van der Waals surface area contributed by atoms with Crippen LogP contribution in [0.2, 0.25) is 0 Å². The summed E-state index contributed by atoms with van der Waals surface area (Å²) in [6.45, 7) is 8.82. The summed E-state index contributed by atoms with van der Waals surface area (Å²) in [4.78, 5) is 11.5. The van der Waals surface area contributed by atoms with E-state index in [0.717, 1.165) is 65.8 Å². The number of hydrogen-bond acceptors (Lipinski definition) is 3. The van der Waals surface area contributed by atoms with E-state index in [0.29, 0.717) is 5.41 Å². The molecule has 0 unspecified atom stereocenters. The number of rotatable bonds is 7. The Morgan fingerprint density at radius 2 is 1.55 bits per heavy atom. The Hall–Kier alpha value is -2.88. The first-order valence-electron chi connectivity index (χ1n) is 11.1. The van der Waals surface area contributed by atoms with E-state index in [-0.39, 0.29) is 0 Å². The summed E-state index contributed by atoms with van der Waals surface area (Å²) in [6, 6.07) is 16.3. The highest BCUT2D eigenvalue weighted by Gasteiger charge is 2.51. The van der Waals surface area contributed by atoms with Crippen LogP contribution in [0.25, 0.3) is 22.5 Å². The molecule has 1 aliphatic carbocycles. The number of aryl methyl sites for hydroxylation is 1. The van der Waals surface area contributed by atoms with Crippen LogP contribution in [-0.2, 0) is 16.6 Å². The summed E-state index contributed by atoms with van der Waals surface area (Å²) in [5, 5.41) is 13.7. The summed E-state index contributed by atoms with van der Waals surface area (Å²) in [7, 11) is 0. The number of benzene rings is 2. The fraction of sp³-hybridized carbons (Fsp3) is 0.407. The normalized spacial score (nSPS) is 15.1. The fourth-order valence-corrected chi connectivity index (χ4v) is 4.25. The van der Waals surface area contributed by atoms with E-state index in [1.807, 2.05) is 31.2 Å². The van der Waals surface area contributed by atoms with Crippen molar-refractivity contribution in [2.75, 3.05) is 0 Å². The monoisotopic (exact) mass is 417 g/mol. The molecule has 0 atom stereocenters. The van der Waals surface area contributed by atoms with Gasteiger partial charge in [-0.2, -0.15) is 0 Å². The first kappa shape index (κ1) is 21.4. The third-order valence-corrected chi connectivity index (χ3v) is 6.42. The fourth-order valence-electron chi connectivity index (χ4n) is 4.25. The lowest BCUT2D eigenvalue weighted by atomic mass is 9.88. The van der Waals surface area contributed by atoms with E-state index in [2.05, 4.69) is 50.2 Å². The van der Waals surface area contributed by atoms with Gasteiger partial charge >= 0.3 is 5.97 Å². The Morgan fingerprint density at radius 1 is 1.00 bits per heavy atom. The maximum atomic E-state index is 11.5. The molecule has 1 saturated carbocycles. The Balaban J connectivity index is 1.51. The van der Waals surface area contributed by atoms with Gasteiger partial charge in [0.1, 0.15) is 0 Å². The van der Waals surface area contributed by atoms with E-state index in [4.69, 9.17) is 4.52 Å². The second-order valence-electron chi connectivity index (χ2n) is 10.0. The molecule has 31 heavy (non-hydrogen) atoms. The van der Waals surface area contributed by atoms with Crippen molar-refractivity contribution in [1.82, 2.24) is 5.16 Å². The molecule has 0 aliphatic heterocycles. The summed E-state index contributed by atoms with van der Waals surface area (Å²) in [5.74, 6) is 0.149. The molecule has 0 spiro atoms. The van der Waals surface area contributed by atoms with E-state index < -0.39 is 11.4 Å². The Bertz CT molecular complexity index is 1070. The summed E-state index contributed by atoms with van der Waals surface area (Å²) < 4.78 is 5.69. The predicted molar refractivity (Wildman–Crippen MR) is 123 cm³/mol. The van der Waals surface area contributed by atoms with Gasteiger partial charge in [0.25, 0.3) is 0 Å². The van der Waals surface area contributed by atoms with Crippen LogP contribution in [0, 0.1) is 12.3 Å². The predicted octanol–water partition coefficient (Wildman–Crippen LogP) is 6.80. The minimum Gasteiger partial charge on any atom is -0.481 e. The molecule has 1 heterocycles. The number of aromatic nitrogens is 1. The lowest BCUT2D eigenvalue weighted by molar-refractivity contribution is -0.140. The highest BCUT2D eigenvalue weighted by Crippen LogP contribution is 2.48. The second-order valence-corrected chi connectivity index (χ2v) is 10.0. The molecular formula is C27H31NO3. The molecule has 162 valence electrons. The van der Waals surface area contributed by atoms with Crippen LogP contribution in [-0.4, -0.2) is 16.2 Å².